The molecule has 1 amide bonds. The van der Waals surface area contributed by atoms with Crippen LogP contribution in [0.1, 0.15) is 35.3 Å². The number of hydrazine groups is 1. The van der Waals surface area contributed by atoms with Gasteiger partial charge in [-0.3, -0.25) is 4.79 Å². The summed E-state index contributed by atoms with van der Waals surface area (Å²) in [5.41, 5.74) is 8.16. The molecule has 1 aliphatic heterocycles. The van der Waals surface area contributed by atoms with Gasteiger partial charge in [-0.15, -0.1) is 0 Å². The van der Waals surface area contributed by atoms with E-state index < -0.39 is 6.04 Å². The largest absolute Gasteiger partial charge is 0.497 e. The molecule has 1 aliphatic rings. The standard InChI is InChI=1S/C21H25N3O5/c1-4-29-21(26)13-5-7-14(8-6-13)22-20(25)18-12-17(23-24-18)16-10-9-15(27-2)11-19(16)28-3/h5-11,17-18,23-24H,4,12H2,1-3H3,(H,22,25). The number of hydrogen-bond acceptors (Lipinski definition) is 7. The number of amides is 1. The van der Waals surface area contributed by atoms with Gasteiger partial charge in [-0.05, 0) is 43.7 Å². The summed E-state index contributed by atoms with van der Waals surface area (Å²) < 4.78 is 15.6. The van der Waals surface area contributed by atoms with Crippen LogP contribution in [-0.2, 0) is 9.53 Å². The lowest BCUT2D eigenvalue weighted by Crippen LogP contribution is -2.39. The van der Waals surface area contributed by atoms with Crippen LogP contribution in [0.5, 0.6) is 11.5 Å². The highest BCUT2D eigenvalue weighted by atomic mass is 16.5. The quantitative estimate of drug-likeness (QED) is 0.615. The highest BCUT2D eigenvalue weighted by molar-refractivity contribution is 5.96. The Morgan fingerprint density at radius 1 is 1.07 bits per heavy atom. The van der Waals surface area contributed by atoms with Gasteiger partial charge < -0.3 is 19.5 Å². The average Bonchev–Trinajstić information content (AvgIpc) is 3.24. The molecule has 0 aromatic heterocycles. The molecule has 1 heterocycles. The number of hydrogen-bond donors (Lipinski definition) is 3. The van der Waals surface area contributed by atoms with E-state index in [1.54, 1.807) is 45.4 Å². The first-order valence-corrected chi connectivity index (χ1v) is 9.36. The number of carbonyl (C=O) groups excluding carboxylic acids is 2. The second-order valence-electron chi connectivity index (χ2n) is 6.52. The first-order chi connectivity index (χ1) is 14.0. The fourth-order valence-electron chi connectivity index (χ4n) is 3.17. The third kappa shape index (κ3) is 4.85. The van der Waals surface area contributed by atoms with Crippen molar-refractivity contribution >= 4 is 17.6 Å². The maximum atomic E-state index is 12.6. The molecule has 1 saturated heterocycles. The third-order valence-corrected chi connectivity index (χ3v) is 4.70. The van der Waals surface area contributed by atoms with Crippen molar-refractivity contribution in [3.8, 4) is 11.5 Å². The molecular weight excluding hydrogens is 374 g/mol. The highest BCUT2D eigenvalue weighted by Gasteiger charge is 2.31. The van der Waals surface area contributed by atoms with Crippen LogP contribution in [0.25, 0.3) is 0 Å². The van der Waals surface area contributed by atoms with E-state index in [-0.39, 0.29) is 17.9 Å². The molecule has 0 saturated carbocycles. The minimum Gasteiger partial charge on any atom is -0.497 e. The number of benzene rings is 2. The summed E-state index contributed by atoms with van der Waals surface area (Å²) in [6, 6.07) is 11.7. The van der Waals surface area contributed by atoms with E-state index in [0.29, 0.717) is 35.8 Å². The Bertz CT molecular complexity index is 869. The lowest BCUT2D eigenvalue weighted by atomic mass is 10.0. The molecule has 8 nitrogen and oxygen atoms in total. The summed E-state index contributed by atoms with van der Waals surface area (Å²) in [5, 5.41) is 2.86. The molecule has 8 heteroatoms. The van der Waals surface area contributed by atoms with E-state index in [1.807, 2.05) is 18.2 Å². The second-order valence-corrected chi connectivity index (χ2v) is 6.52. The van der Waals surface area contributed by atoms with Crippen LogP contribution in [0.2, 0.25) is 0 Å². The smallest absolute Gasteiger partial charge is 0.338 e. The van der Waals surface area contributed by atoms with Gasteiger partial charge in [0.15, 0.2) is 0 Å². The minimum absolute atomic E-state index is 0.0854. The van der Waals surface area contributed by atoms with E-state index in [0.717, 1.165) is 5.56 Å². The first-order valence-electron chi connectivity index (χ1n) is 9.36. The number of nitrogens with one attached hydrogen (secondary N) is 3. The average molecular weight is 399 g/mol. The van der Waals surface area contributed by atoms with Gasteiger partial charge in [-0.1, -0.05) is 6.07 Å². The highest BCUT2D eigenvalue weighted by Crippen LogP contribution is 2.33. The van der Waals surface area contributed by atoms with Gasteiger partial charge in [-0.2, -0.15) is 0 Å². The zero-order valence-corrected chi connectivity index (χ0v) is 16.7. The van der Waals surface area contributed by atoms with Crippen LogP contribution in [0.3, 0.4) is 0 Å². The van der Waals surface area contributed by atoms with Gasteiger partial charge in [0, 0.05) is 17.3 Å². The van der Waals surface area contributed by atoms with Crippen LogP contribution in [0.4, 0.5) is 5.69 Å². The molecular formula is C21H25N3O5. The maximum absolute atomic E-state index is 12.6. The Labute approximate surface area is 169 Å². The Balaban J connectivity index is 1.61. The van der Waals surface area contributed by atoms with Crippen molar-refractivity contribution in [3.05, 3.63) is 53.6 Å². The Morgan fingerprint density at radius 3 is 2.48 bits per heavy atom. The van der Waals surface area contributed by atoms with Crippen LogP contribution in [0, 0.1) is 0 Å². The predicted molar refractivity (Wildman–Crippen MR) is 108 cm³/mol. The van der Waals surface area contributed by atoms with E-state index >= 15 is 0 Å². The second kappa shape index (κ2) is 9.40. The predicted octanol–water partition coefficient (Wildman–Crippen LogP) is 2.43. The summed E-state index contributed by atoms with van der Waals surface area (Å²) in [6.45, 7) is 2.07. The van der Waals surface area contributed by atoms with Crippen LogP contribution >= 0.6 is 0 Å². The number of rotatable bonds is 7. The van der Waals surface area contributed by atoms with Crippen molar-refractivity contribution in [2.24, 2.45) is 0 Å². The lowest BCUT2D eigenvalue weighted by molar-refractivity contribution is -0.117. The molecule has 0 aliphatic carbocycles. The molecule has 0 spiro atoms. The molecule has 3 rings (SSSR count). The third-order valence-electron chi connectivity index (χ3n) is 4.70. The van der Waals surface area contributed by atoms with Crippen molar-refractivity contribution in [1.82, 2.24) is 10.9 Å². The number of methoxy groups -OCH3 is 2. The SMILES string of the molecule is CCOC(=O)c1ccc(NC(=O)C2CC(c3ccc(OC)cc3OC)NN2)cc1. The van der Waals surface area contributed by atoms with E-state index in [9.17, 15) is 9.59 Å². The number of ether oxygens (including phenoxy) is 3. The van der Waals surface area contributed by atoms with Crippen molar-refractivity contribution in [2.45, 2.75) is 25.4 Å². The van der Waals surface area contributed by atoms with Crippen LogP contribution < -0.4 is 25.6 Å². The Kier molecular flexibility index (Phi) is 6.69. The number of anilines is 1. The zero-order chi connectivity index (χ0) is 20.8. The molecule has 2 aromatic rings. The molecule has 2 atom stereocenters. The van der Waals surface area contributed by atoms with Crippen molar-refractivity contribution in [1.29, 1.82) is 0 Å². The molecule has 2 unspecified atom stereocenters. The maximum Gasteiger partial charge on any atom is 0.338 e. The summed E-state index contributed by atoms with van der Waals surface area (Å²) in [7, 11) is 3.20. The molecule has 0 radical (unpaired) electrons. The van der Waals surface area contributed by atoms with Gasteiger partial charge in [0.1, 0.15) is 17.5 Å². The molecule has 154 valence electrons. The van der Waals surface area contributed by atoms with Crippen molar-refractivity contribution < 1.29 is 23.8 Å². The zero-order valence-electron chi connectivity index (χ0n) is 16.7. The minimum atomic E-state index is -0.420. The van der Waals surface area contributed by atoms with Gasteiger partial charge >= 0.3 is 5.97 Å². The first kappa shape index (κ1) is 20.6. The normalized spacial score (nSPS) is 18.2. The molecule has 2 aromatic carbocycles. The van der Waals surface area contributed by atoms with Gasteiger partial charge in [0.25, 0.3) is 0 Å². The Hall–Kier alpha value is -3.10. The summed E-state index contributed by atoms with van der Waals surface area (Å²) in [4.78, 5) is 24.3. The van der Waals surface area contributed by atoms with Crippen molar-refractivity contribution in [3.63, 3.8) is 0 Å². The monoisotopic (exact) mass is 399 g/mol. The fourth-order valence-corrected chi connectivity index (χ4v) is 3.17. The number of carbonyl (C=O) groups is 2. The fraction of sp³-hybridized carbons (Fsp3) is 0.333. The van der Waals surface area contributed by atoms with Crippen LogP contribution in [-0.4, -0.2) is 38.7 Å². The van der Waals surface area contributed by atoms with Crippen LogP contribution in [0.15, 0.2) is 42.5 Å². The Morgan fingerprint density at radius 2 is 1.83 bits per heavy atom. The van der Waals surface area contributed by atoms with Gasteiger partial charge in [-0.25, -0.2) is 15.6 Å². The summed E-state index contributed by atoms with van der Waals surface area (Å²) in [6.07, 6.45) is 0.551. The molecule has 0 bridgehead atoms. The number of esters is 1. The topological polar surface area (TPSA) is 97.9 Å². The summed E-state index contributed by atoms with van der Waals surface area (Å²) in [5.74, 6) is 0.844. The van der Waals surface area contributed by atoms with E-state index in [1.165, 1.54) is 0 Å². The van der Waals surface area contributed by atoms with Crippen molar-refractivity contribution in [2.75, 3.05) is 26.1 Å². The molecule has 3 N–H and O–H groups in total. The molecule has 29 heavy (non-hydrogen) atoms. The van der Waals surface area contributed by atoms with Gasteiger partial charge in [0.2, 0.25) is 5.91 Å². The lowest BCUT2D eigenvalue weighted by Gasteiger charge is -2.15. The van der Waals surface area contributed by atoms with E-state index in [2.05, 4.69) is 16.2 Å². The van der Waals surface area contributed by atoms with E-state index in [4.69, 9.17) is 14.2 Å². The summed E-state index contributed by atoms with van der Waals surface area (Å²) >= 11 is 0. The van der Waals surface area contributed by atoms with Gasteiger partial charge in [0.05, 0.1) is 32.4 Å². The molecule has 1 fully saturated rings.